The maximum Gasteiger partial charge on any atom is 0.151 e. The van der Waals surface area contributed by atoms with Crippen LogP contribution in [0, 0.1) is 6.92 Å². The fourth-order valence-corrected chi connectivity index (χ4v) is 1.04. The Kier molecular flexibility index (Phi) is 1.80. The van der Waals surface area contributed by atoms with E-state index in [2.05, 4.69) is 0 Å². The Labute approximate surface area is 69.0 Å². The van der Waals surface area contributed by atoms with Crippen molar-refractivity contribution in [3.63, 3.8) is 0 Å². The number of hydrogen-bond acceptors (Lipinski definition) is 1. The Morgan fingerprint density at radius 1 is 1.91 bits per heavy atom. The van der Waals surface area contributed by atoms with Gasteiger partial charge < -0.3 is 4.57 Å². The van der Waals surface area contributed by atoms with Gasteiger partial charge in [0.2, 0.25) is 0 Å². The summed E-state index contributed by atoms with van der Waals surface area (Å²) in [4.78, 5) is 10.7. The number of carbonyl (C=O) groups excluding carboxylic acids is 1. The molecule has 2 nitrogen and oxygen atoms in total. The predicted molar refractivity (Wildman–Crippen MR) is 45.6 cm³/mol. The molecule has 11 heavy (non-hydrogen) atoms. The van der Waals surface area contributed by atoms with Gasteiger partial charge >= 0.3 is 0 Å². The quantitative estimate of drug-likeness (QED) is 0.440. The summed E-state index contributed by atoms with van der Waals surface area (Å²) in [5.74, 6) is 0. The van der Waals surface area contributed by atoms with Gasteiger partial charge in [-0.15, -0.1) is 0 Å². The highest BCUT2D eigenvalue weighted by atomic mass is 16.1. The van der Waals surface area contributed by atoms with Crippen molar-refractivity contribution in [2.45, 2.75) is 20.4 Å². The highest BCUT2D eigenvalue weighted by Crippen LogP contribution is 2.02. The van der Waals surface area contributed by atoms with Gasteiger partial charge in [-0.3, -0.25) is 4.79 Å². The van der Waals surface area contributed by atoms with E-state index in [9.17, 15) is 4.79 Å². The van der Waals surface area contributed by atoms with E-state index in [-0.39, 0.29) is 0 Å². The van der Waals surface area contributed by atoms with Gasteiger partial charge in [0.1, 0.15) is 9.22 Å². The molecule has 0 aliphatic carbocycles. The van der Waals surface area contributed by atoms with Crippen molar-refractivity contribution >= 4 is 19.7 Å². The standard InChI is InChI=1S/C8H10BNO/c1-3-10-4-7(5-11)6(2)8(10)9/h4-5H,3H2,1-2H3/i5D. The van der Waals surface area contributed by atoms with E-state index in [4.69, 9.17) is 9.22 Å². The van der Waals surface area contributed by atoms with Gasteiger partial charge in [0.15, 0.2) is 6.26 Å². The van der Waals surface area contributed by atoms with Gasteiger partial charge in [-0.25, -0.2) is 0 Å². The SMILES string of the molecule is [2H]C(=O)c1cn(CC)c([B])c1C. The first-order valence-corrected chi connectivity index (χ1v) is 3.54. The Bertz CT molecular complexity index is 319. The zero-order chi connectivity index (χ0) is 9.30. The van der Waals surface area contributed by atoms with Gasteiger partial charge in [-0.2, -0.15) is 0 Å². The predicted octanol–water partition coefficient (Wildman–Crippen LogP) is 0.423. The Morgan fingerprint density at radius 2 is 2.55 bits per heavy atom. The molecule has 3 heteroatoms. The fraction of sp³-hybridized carbons (Fsp3) is 0.375. The molecule has 1 heterocycles. The summed E-state index contributed by atoms with van der Waals surface area (Å²) in [5, 5.41) is 0. The third kappa shape index (κ3) is 1.23. The van der Waals surface area contributed by atoms with Crippen LogP contribution in [0.5, 0.6) is 0 Å². The minimum Gasteiger partial charge on any atom is -0.361 e. The molecule has 0 N–H and O–H groups in total. The molecule has 1 rings (SSSR count). The van der Waals surface area contributed by atoms with Gasteiger partial charge in [0.25, 0.3) is 0 Å². The molecule has 0 unspecified atom stereocenters. The van der Waals surface area contributed by atoms with Crippen molar-refractivity contribution in [3.05, 3.63) is 17.3 Å². The first-order chi connectivity index (χ1) is 5.57. The summed E-state index contributed by atoms with van der Waals surface area (Å²) in [6, 6.07) is 0. The lowest BCUT2D eigenvalue weighted by Gasteiger charge is -2.00. The monoisotopic (exact) mass is 148 g/mol. The van der Waals surface area contributed by atoms with Crippen molar-refractivity contribution < 1.29 is 6.17 Å². The summed E-state index contributed by atoms with van der Waals surface area (Å²) in [6.07, 6.45) is 0.950. The van der Waals surface area contributed by atoms with Gasteiger partial charge in [-0.1, -0.05) is 0 Å². The topological polar surface area (TPSA) is 22.0 Å². The molecule has 0 spiro atoms. The highest BCUT2D eigenvalue weighted by molar-refractivity contribution is 6.32. The maximum absolute atomic E-state index is 10.7. The number of rotatable bonds is 2. The fourth-order valence-electron chi connectivity index (χ4n) is 1.04. The molecular weight excluding hydrogens is 137 g/mol. The molecule has 56 valence electrons. The average molecular weight is 148 g/mol. The molecule has 0 amide bonds. The summed E-state index contributed by atoms with van der Waals surface area (Å²) in [7, 11) is 5.68. The molecule has 0 atom stereocenters. The smallest absolute Gasteiger partial charge is 0.151 e. The van der Waals surface area contributed by atoms with Crippen molar-refractivity contribution in [3.8, 4) is 0 Å². The van der Waals surface area contributed by atoms with Crippen LogP contribution < -0.4 is 5.59 Å². The second kappa shape index (κ2) is 2.95. The molecule has 0 saturated carbocycles. The minimum atomic E-state index is -0.675. The molecular formula is C8H10BNO. The first kappa shape index (κ1) is 6.71. The van der Waals surface area contributed by atoms with E-state index < -0.39 is 6.26 Å². The number of carbonyl (C=O) groups is 1. The summed E-state index contributed by atoms with van der Waals surface area (Å²) in [5.41, 5.74) is 1.68. The largest absolute Gasteiger partial charge is 0.361 e. The van der Waals surface area contributed by atoms with Crippen LogP contribution in [0.25, 0.3) is 0 Å². The van der Waals surface area contributed by atoms with Crippen molar-refractivity contribution in [2.75, 3.05) is 0 Å². The van der Waals surface area contributed by atoms with Crippen LogP contribution in [0.3, 0.4) is 0 Å². The van der Waals surface area contributed by atoms with Gasteiger partial charge in [0.05, 0.1) is 0 Å². The van der Waals surface area contributed by atoms with E-state index in [1.165, 1.54) is 0 Å². The summed E-state index contributed by atoms with van der Waals surface area (Å²) in [6.45, 7) is 4.41. The van der Waals surface area contributed by atoms with E-state index in [0.717, 1.165) is 6.54 Å². The number of nitrogens with zero attached hydrogens (tertiary/aromatic N) is 1. The van der Waals surface area contributed by atoms with E-state index in [1.54, 1.807) is 17.7 Å². The number of hydrogen-bond donors (Lipinski definition) is 0. The molecule has 0 aromatic carbocycles. The van der Waals surface area contributed by atoms with Crippen LogP contribution in [-0.4, -0.2) is 18.7 Å². The van der Waals surface area contributed by atoms with Crippen molar-refractivity contribution in [1.82, 2.24) is 4.57 Å². The van der Waals surface area contributed by atoms with Crippen molar-refractivity contribution in [2.24, 2.45) is 0 Å². The van der Waals surface area contributed by atoms with Crippen LogP contribution in [0.1, 0.15) is 24.2 Å². The second-order valence-corrected chi connectivity index (χ2v) is 2.44. The third-order valence-electron chi connectivity index (χ3n) is 1.83. The molecule has 1 aromatic heterocycles. The molecule has 0 saturated heterocycles. The van der Waals surface area contributed by atoms with E-state index in [0.29, 0.717) is 16.7 Å². The third-order valence-corrected chi connectivity index (χ3v) is 1.83. The lowest BCUT2D eigenvalue weighted by atomic mass is 9.98. The molecule has 0 bridgehead atoms. The zero-order valence-corrected chi connectivity index (χ0v) is 6.72. The van der Waals surface area contributed by atoms with Gasteiger partial charge in [-0.05, 0) is 25.0 Å². The minimum absolute atomic E-state index is 0.398. The second-order valence-electron chi connectivity index (χ2n) is 2.44. The van der Waals surface area contributed by atoms with E-state index in [1.807, 2.05) is 6.92 Å². The van der Waals surface area contributed by atoms with Crippen molar-refractivity contribution in [1.29, 1.82) is 0 Å². The normalized spacial score (nSPS) is 11.3. The Hall–Kier alpha value is -0.985. The molecule has 0 fully saturated rings. The molecule has 2 radical (unpaired) electrons. The first-order valence-electron chi connectivity index (χ1n) is 4.04. The van der Waals surface area contributed by atoms with Crippen LogP contribution in [0.15, 0.2) is 6.20 Å². The Balaban J connectivity index is 3.25. The average Bonchev–Trinajstić information content (AvgIpc) is 2.30. The Morgan fingerprint density at radius 3 is 2.82 bits per heavy atom. The molecule has 0 aliphatic rings. The number of aromatic nitrogens is 1. The summed E-state index contributed by atoms with van der Waals surface area (Å²) < 4.78 is 8.70. The van der Waals surface area contributed by atoms with Gasteiger partial charge in [0, 0.05) is 18.3 Å². The van der Waals surface area contributed by atoms with E-state index >= 15 is 0 Å². The lowest BCUT2D eigenvalue weighted by Crippen LogP contribution is -2.17. The number of aryl methyl sites for hydroxylation is 1. The van der Waals surface area contributed by atoms with Crippen LogP contribution >= 0.6 is 0 Å². The summed E-state index contributed by atoms with van der Waals surface area (Å²) >= 11 is 0. The zero-order valence-electron chi connectivity index (χ0n) is 7.72. The molecule has 0 aliphatic heterocycles. The maximum atomic E-state index is 10.7. The van der Waals surface area contributed by atoms with Crippen LogP contribution in [-0.2, 0) is 6.54 Å². The van der Waals surface area contributed by atoms with Crippen LogP contribution in [0.2, 0.25) is 0 Å². The number of aldehydes is 1. The van der Waals surface area contributed by atoms with Crippen LogP contribution in [0.4, 0.5) is 0 Å². The highest BCUT2D eigenvalue weighted by Gasteiger charge is 2.04. The molecule has 1 aromatic rings. The lowest BCUT2D eigenvalue weighted by molar-refractivity contribution is 0.112.